The van der Waals surface area contributed by atoms with Crippen molar-refractivity contribution >= 4 is 11.6 Å². The summed E-state index contributed by atoms with van der Waals surface area (Å²) in [5.74, 6) is 3.72. The summed E-state index contributed by atoms with van der Waals surface area (Å²) >= 11 is 0. The van der Waals surface area contributed by atoms with E-state index in [4.69, 9.17) is 14.5 Å². The Morgan fingerprint density at radius 3 is 3.08 bits per heavy atom. The Kier molecular flexibility index (Phi) is 4.60. The fourth-order valence-corrected chi connectivity index (χ4v) is 2.89. The maximum Gasteiger partial charge on any atom is 0.218 e. The number of nitrogens with zero attached hydrogens (tertiary/aromatic N) is 5. The van der Waals surface area contributed by atoms with E-state index in [0.717, 1.165) is 29.9 Å². The molecule has 2 aromatic heterocycles. The van der Waals surface area contributed by atoms with Gasteiger partial charge in [0.15, 0.2) is 5.82 Å². The van der Waals surface area contributed by atoms with Crippen LogP contribution in [0.5, 0.6) is 5.88 Å². The zero-order valence-electron chi connectivity index (χ0n) is 14.3. The molecule has 1 aliphatic heterocycles. The van der Waals surface area contributed by atoms with Crippen LogP contribution in [0.4, 0.5) is 11.6 Å². The van der Waals surface area contributed by atoms with Gasteiger partial charge in [-0.05, 0) is 24.8 Å². The molecule has 1 saturated carbocycles. The van der Waals surface area contributed by atoms with Crippen LogP contribution in [-0.4, -0.2) is 53.3 Å². The number of anilines is 2. The highest BCUT2D eigenvalue weighted by Crippen LogP contribution is 2.30. The van der Waals surface area contributed by atoms with Crippen LogP contribution in [-0.2, 0) is 4.74 Å². The first-order valence-electron chi connectivity index (χ1n) is 8.60. The monoisotopic (exact) mass is 342 g/mol. The van der Waals surface area contributed by atoms with Crippen LogP contribution >= 0.6 is 0 Å². The van der Waals surface area contributed by atoms with E-state index in [1.807, 2.05) is 12.1 Å². The van der Waals surface area contributed by atoms with Gasteiger partial charge < -0.3 is 19.7 Å². The van der Waals surface area contributed by atoms with Gasteiger partial charge in [-0.1, -0.05) is 0 Å². The number of rotatable bonds is 6. The summed E-state index contributed by atoms with van der Waals surface area (Å²) in [7, 11) is 1.60. The van der Waals surface area contributed by atoms with Gasteiger partial charge in [-0.15, -0.1) is 0 Å². The highest BCUT2D eigenvalue weighted by atomic mass is 16.5. The molecule has 0 bridgehead atoms. The van der Waals surface area contributed by atoms with E-state index in [9.17, 15) is 0 Å². The second-order valence-corrected chi connectivity index (χ2v) is 6.33. The third-order valence-corrected chi connectivity index (χ3v) is 4.50. The molecule has 1 atom stereocenters. The van der Waals surface area contributed by atoms with Crippen molar-refractivity contribution in [3.63, 3.8) is 0 Å². The topological polar surface area (TPSA) is 85.3 Å². The van der Waals surface area contributed by atoms with Crippen molar-refractivity contribution in [1.82, 2.24) is 19.9 Å². The van der Waals surface area contributed by atoms with Crippen molar-refractivity contribution in [3.8, 4) is 5.88 Å². The standard InChI is InChI=1S/C17H22N6O2/c1-24-16-8-15(20-11-21-16)23-6-7-25-10-13(23)17-18-5-4-14(22-17)19-9-12-2-3-12/h4-5,8,11-13H,2-3,6-7,9-10H2,1H3,(H,18,19,22)/t13-/m1/s1. The molecule has 8 nitrogen and oxygen atoms in total. The molecule has 1 N–H and O–H groups in total. The lowest BCUT2D eigenvalue weighted by molar-refractivity contribution is 0.0913. The number of morpholine rings is 1. The largest absolute Gasteiger partial charge is 0.481 e. The average Bonchev–Trinajstić information content (AvgIpc) is 3.51. The zero-order valence-corrected chi connectivity index (χ0v) is 14.3. The molecule has 0 amide bonds. The lowest BCUT2D eigenvalue weighted by Gasteiger charge is -2.35. The lowest BCUT2D eigenvalue weighted by atomic mass is 10.2. The molecule has 0 unspecified atom stereocenters. The van der Waals surface area contributed by atoms with Crippen LogP contribution in [0, 0.1) is 5.92 Å². The van der Waals surface area contributed by atoms with Crippen LogP contribution < -0.4 is 15.0 Å². The number of hydrogen-bond acceptors (Lipinski definition) is 8. The molecule has 0 spiro atoms. The van der Waals surface area contributed by atoms with E-state index in [0.29, 0.717) is 25.6 Å². The normalized spacial score (nSPS) is 20.4. The number of nitrogens with one attached hydrogen (secondary N) is 1. The lowest BCUT2D eigenvalue weighted by Crippen LogP contribution is -2.41. The maximum absolute atomic E-state index is 5.68. The Morgan fingerprint density at radius 2 is 2.24 bits per heavy atom. The van der Waals surface area contributed by atoms with Gasteiger partial charge in [0.25, 0.3) is 0 Å². The van der Waals surface area contributed by atoms with Gasteiger partial charge in [-0.2, -0.15) is 0 Å². The number of methoxy groups -OCH3 is 1. The quantitative estimate of drug-likeness (QED) is 0.849. The first kappa shape index (κ1) is 16.0. The van der Waals surface area contributed by atoms with Gasteiger partial charge in [0.2, 0.25) is 5.88 Å². The second kappa shape index (κ2) is 7.18. The molecule has 2 fully saturated rings. The summed E-state index contributed by atoms with van der Waals surface area (Å²) in [5.41, 5.74) is 0. The van der Waals surface area contributed by atoms with Crippen LogP contribution in [0.25, 0.3) is 0 Å². The highest BCUT2D eigenvalue weighted by Gasteiger charge is 2.29. The third kappa shape index (κ3) is 3.79. The van der Waals surface area contributed by atoms with Crippen LogP contribution in [0.15, 0.2) is 24.7 Å². The molecule has 132 valence electrons. The van der Waals surface area contributed by atoms with E-state index in [-0.39, 0.29) is 6.04 Å². The second-order valence-electron chi connectivity index (χ2n) is 6.33. The molecular formula is C17H22N6O2. The van der Waals surface area contributed by atoms with Crippen LogP contribution in [0.3, 0.4) is 0 Å². The number of hydrogen-bond donors (Lipinski definition) is 1. The Hall–Kier alpha value is -2.48. The number of aromatic nitrogens is 4. The molecular weight excluding hydrogens is 320 g/mol. The molecule has 8 heteroatoms. The van der Waals surface area contributed by atoms with Gasteiger partial charge in [-0.25, -0.2) is 19.9 Å². The summed E-state index contributed by atoms with van der Waals surface area (Å²) in [5, 5.41) is 3.40. The number of ether oxygens (including phenoxy) is 2. The zero-order chi connectivity index (χ0) is 17.1. The first-order valence-corrected chi connectivity index (χ1v) is 8.60. The smallest absolute Gasteiger partial charge is 0.218 e. The Bertz CT molecular complexity index is 724. The van der Waals surface area contributed by atoms with Crippen molar-refractivity contribution in [1.29, 1.82) is 0 Å². The van der Waals surface area contributed by atoms with E-state index in [1.54, 1.807) is 13.3 Å². The van der Waals surface area contributed by atoms with Crippen LogP contribution in [0.1, 0.15) is 24.7 Å². The Balaban J connectivity index is 1.56. The minimum atomic E-state index is -0.0870. The van der Waals surface area contributed by atoms with E-state index in [2.05, 4.69) is 25.2 Å². The summed E-state index contributed by atoms with van der Waals surface area (Å²) in [6.45, 7) is 2.86. The summed E-state index contributed by atoms with van der Waals surface area (Å²) in [4.78, 5) is 19.8. The molecule has 2 aliphatic rings. The van der Waals surface area contributed by atoms with Crippen molar-refractivity contribution in [3.05, 3.63) is 30.5 Å². The maximum atomic E-state index is 5.68. The van der Waals surface area contributed by atoms with Gasteiger partial charge in [0.05, 0.1) is 20.3 Å². The summed E-state index contributed by atoms with van der Waals surface area (Å²) in [6.07, 6.45) is 5.93. The molecule has 0 radical (unpaired) electrons. The SMILES string of the molecule is COc1cc(N2CCOC[C@@H]2c2nccc(NCC3CC3)n2)ncn1. The van der Waals surface area contributed by atoms with E-state index < -0.39 is 0 Å². The fourth-order valence-electron chi connectivity index (χ4n) is 2.89. The summed E-state index contributed by atoms with van der Waals surface area (Å²) < 4.78 is 10.9. The van der Waals surface area contributed by atoms with Crippen molar-refractivity contribution in [2.24, 2.45) is 5.92 Å². The van der Waals surface area contributed by atoms with Crippen LogP contribution in [0.2, 0.25) is 0 Å². The molecule has 3 heterocycles. The van der Waals surface area contributed by atoms with Gasteiger partial charge in [0.1, 0.15) is 24.0 Å². The third-order valence-electron chi connectivity index (χ3n) is 4.50. The predicted octanol–water partition coefficient (Wildman–Crippen LogP) is 1.67. The Labute approximate surface area is 146 Å². The highest BCUT2D eigenvalue weighted by molar-refractivity contribution is 5.44. The molecule has 25 heavy (non-hydrogen) atoms. The van der Waals surface area contributed by atoms with Gasteiger partial charge in [-0.3, -0.25) is 0 Å². The van der Waals surface area contributed by atoms with Gasteiger partial charge >= 0.3 is 0 Å². The summed E-state index contributed by atoms with van der Waals surface area (Å²) in [6, 6.07) is 3.65. The van der Waals surface area contributed by atoms with Crippen molar-refractivity contribution < 1.29 is 9.47 Å². The molecule has 1 saturated heterocycles. The minimum absolute atomic E-state index is 0.0870. The Morgan fingerprint density at radius 1 is 1.32 bits per heavy atom. The van der Waals surface area contributed by atoms with E-state index in [1.165, 1.54) is 19.2 Å². The van der Waals surface area contributed by atoms with E-state index >= 15 is 0 Å². The average molecular weight is 342 g/mol. The molecule has 2 aromatic rings. The minimum Gasteiger partial charge on any atom is -0.481 e. The van der Waals surface area contributed by atoms with Crippen molar-refractivity contribution in [2.75, 3.05) is 43.6 Å². The molecule has 0 aromatic carbocycles. The first-order chi connectivity index (χ1) is 12.3. The predicted molar refractivity (Wildman–Crippen MR) is 92.7 cm³/mol. The molecule has 1 aliphatic carbocycles. The molecule has 4 rings (SSSR count). The van der Waals surface area contributed by atoms with Crippen molar-refractivity contribution in [2.45, 2.75) is 18.9 Å². The van der Waals surface area contributed by atoms with Gasteiger partial charge in [0, 0.05) is 25.4 Å². The fraction of sp³-hybridized carbons (Fsp3) is 0.529.